The van der Waals surface area contributed by atoms with Crippen molar-refractivity contribution in [3.05, 3.63) is 57.0 Å². The van der Waals surface area contributed by atoms with Crippen LogP contribution >= 0.6 is 34.8 Å². The van der Waals surface area contributed by atoms with Gasteiger partial charge in [-0.15, -0.1) is 0 Å². The molecule has 0 radical (unpaired) electrons. The molecule has 0 aromatic heterocycles. The summed E-state index contributed by atoms with van der Waals surface area (Å²) in [5.74, 6) is 0. The molecule has 0 bridgehead atoms. The van der Waals surface area contributed by atoms with Crippen LogP contribution in [0.15, 0.2) is 36.4 Å². The maximum atomic E-state index is 8.79. The lowest BCUT2D eigenvalue weighted by atomic mass is 10.2. The van der Waals surface area contributed by atoms with Gasteiger partial charge in [0.25, 0.3) is 0 Å². The topological polar surface area (TPSA) is 35.8 Å². The zero-order valence-electron chi connectivity index (χ0n) is 9.05. The molecule has 5 heteroatoms. The van der Waals surface area contributed by atoms with Crippen LogP contribution in [0.5, 0.6) is 0 Å². The van der Waals surface area contributed by atoms with Gasteiger partial charge in [-0.2, -0.15) is 5.26 Å². The standard InChI is InChI=1S/C13H7Cl3N2/c14-9-2-4-11(15)13(5-9)18-10-3-1-8(7-17)12(16)6-10/h1-6,18H. The Morgan fingerprint density at radius 2 is 1.72 bits per heavy atom. The molecule has 2 rings (SSSR count). The Morgan fingerprint density at radius 3 is 2.39 bits per heavy atom. The van der Waals surface area contributed by atoms with Gasteiger partial charge in [0.15, 0.2) is 0 Å². The Bertz CT molecular complexity index is 633. The van der Waals surface area contributed by atoms with E-state index < -0.39 is 0 Å². The summed E-state index contributed by atoms with van der Waals surface area (Å²) in [4.78, 5) is 0. The molecule has 0 fully saturated rings. The van der Waals surface area contributed by atoms with E-state index in [0.29, 0.717) is 26.3 Å². The monoisotopic (exact) mass is 296 g/mol. The molecular weight excluding hydrogens is 291 g/mol. The van der Waals surface area contributed by atoms with Crippen LogP contribution in [0.1, 0.15) is 5.56 Å². The third kappa shape index (κ3) is 2.88. The van der Waals surface area contributed by atoms with Crippen LogP contribution in [0.3, 0.4) is 0 Å². The van der Waals surface area contributed by atoms with Gasteiger partial charge in [-0.3, -0.25) is 0 Å². The maximum Gasteiger partial charge on any atom is 0.101 e. The normalized spacial score (nSPS) is 9.89. The predicted octanol–water partition coefficient (Wildman–Crippen LogP) is 5.26. The van der Waals surface area contributed by atoms with Gasteiger partial charge in [0.05, 0.1) is 21.3 Å². The highest BCUT2D eigenvalue weighted by Gasteiger charge is 2.04. The summed E-state index contributed by atoms with van der Waals surface area (Å²) in [7, 11) is 0. The van der Waals surface area contributed by atoms with E-state index >= 15 is 0 Å². The van der Waals surface area contributed by atoms with Gasteiger partial charge in [-0.1, -0.05) is 34.8 Å². The van der Waals surface area contributed by atoms with E-state index in [4.69, 9.17) is 40.1 Å². The highest BCUT2D eigenvalue weighted by molar-refractivity contribution is 6.35. The molecule has 0 saturated carbocycles. The number of rotatable bonds is 2. The molecule has 0 unspecified atom stereocenters. The highest BCUT2D eigenvalue weighted by Crippen LogP contribution is 2.30. The minimum Gasteiger partial charge on any atom is -0.354 e. The minimum absolute atomic E-state index is 0.389. The lowest BCUT2D eigenvalue weighted by molar-refractivity contribution is 1.47. The molecule has 0 spiro atoms. The Hall–Kier alpha value is -1.40. The van der Waals surface area contributed by atoms with Crippen LogP contribution in [0, 0.1) is 11.3 Å². The molecule has 2 aromatic carbocycles. The van der Waals surface area contributed by atoms with Gasteiger partial charge in [0, 0.05) is 10.7 Å². The van der Waals surface area contributed by atoms with E-state index in [9.17, 15) is 0 Å². The number of hydrogen-bond donors (Lipinski definition) is 1. The molecule has 0 aliphatic rings. The summed E-state index contributed by atoms with van der Waals surface area (Å²) in [6.45, 7) is 0. The molecule has 2 aromatic rings. The molecule has 0 aliphatic heterocycles. The molecular formula is C13H7Cl3N2. The van der Waals surface area contributed by atoms with Gasteiger partial charge in [0.2, 0.25) is 0 Å². The van der Waals surface area contributed by atoms with Gasteiger partial charge in [0.1, 0.15) is 6.07 Å². The van der Waals surface area contributed by atoms with Crippen LogP contribution in [0.4, 0.5) is 11.4 Å². The van der Waals surface area contributed by atoms with Crippen molar-refractivity contribution in [2.75, 3.05) is 5.32 Å². The number of nitrogens with zero attached hydrogens (tertiary/aromatic N) is 1. The second kappa shape index (κ2) is 5.49. The average molecular weight is 298 g/mol. The molecule has 0 saturated heterocycles. The second-order valence-electron chi connectivity index (χ2n) is 3.56. The molecule has 1 N–H and O–H groups in total. The van der Waals surface area contributed by atoms with E-state index in [1.165, 1.54) is 0 Å². The highest BCUT2D eigenvalue weighted by atomic mass is 35.5. The molecule has 0 heterocycles. The maximum absolute atomic E-state index is 8.79. The van der Waals surface area contributed by atoms with Crippen molar-refractivity contribution in [3.63, 3.8) is 0 Å². The molecule has 0 aliphatic carbocycles. The smallest absolute Gasteiger partial charge is 0.101 e. The summed E-state index contributed by atoms with van der Waals surface area (Å²) >= 11 is 17.9. The Balaban J connectivity index is 2.32. The predicted molar refractivity (Wildman–Crippen MR) is 75.9 cm³/mol. The van der Waals surface area contributed by atoms with E-state index in [2.05, 4.69) is 5.32 Å². The summed E-state index contributed by atoms with van der Waals surface area (Å²) < 4.78 is 0. The van der Waals surface area contributed by atoms with Crippen molar-refractivity contribution in [3.8, 4) is 6.07 Å². The quantitative estimate of drug-likeness (QED) is 0.820. The Morgan fingerprint density at radius 1 is 0.944 bits per heavy atom. The van der Waals surface area contributed by atoms with E-state index in [-0.39, 0.29) is 0 Å². The van der Waals surface area contributed by atoms with E-state index in [0.717, 1.165) is 5.69 Å². The van der Waals surface area contributed by atoms with Crippen molar-refractivity contribution < 1.29 is 0 Å². The van der Waals surface area contributed by atoms with Gasteiger partial charge in [-0.05, 0) is 36.4 Å². The van der Waals surface area contributed by atoms with Crippen molar-refractivity contribution >= 4 is 46.2 Å². The Kier molecular flexibility index (Phi) is 3.98. The third-order valence-electron chi connectivity index (χ3n) is 2.30. The fourth-order valence-electron chi connectivity index (χ4n) is 1.43. The minimum atomic E-state index is 0.389. The number of anilines is 2. The van der Waals surface area contributed by atoms with Crippen molar-refractivity contribution in [2.45, 2.75) is 0 Å². The summed E-state index contributed by atoms with van der Waals surface area (Å²) in [5.41, 5.74) is 1.85. The van der Waals surface area contributed by atoms with Crippen LogP contribution in [0.2, 0.25) is 15.1 Å². The first-order valence-corrected chi connectivity index (χ1v) is 6.15. The first kappa shape index (κ1) is 13.0. The summed E-state index contributed by atoms with van der Waals surface area (Å²) in [6.07, 6.45) is 0. The largest absolute Gasteiger partial charge is 0.354 e. The van der Waals surface area contributed by atoms with Crippen molar-refractivity contribution in [2.24, 2.45) is 0 Å². The van der Waals surface area contributed by atoms with Crippen LogP contribution < -0.4 is 5.32 Å². The average Bonchev–Trinajstić information content (AvgIpc) is 2.34. The molecule has 2 nitrogen and oxygen atoms in total. The first-order chi connectivity index (χ1) is 8.60. The molecule has 18 heavy (non-hydrogen) atoms. The van der Waals surface area contributed by atoms with E-state index in [1.54, 1.807) is 36.4 Å². The second-order valence-corrected chi connectivity index (χ2v) is 4.81. The fourth-order valence-corrected chi connectivity index (χ4v) is 1.99. The van der Waals surface area contributed by atoms with Gasteiger partial charge >= 0.3 is 0 Å². The zero-order chi connectivity index (χ0) is 13.1. The third-order valence-corrected chi connectivity index (χ3v) is 3.17. The summed E-state index contributed by atoms with van der Waals surface area (Å²) in [5, 5.41) is 13.4. The lowest BCUT2D eigenvalue weighted by Gasteiger charge is -2.09. The molecule has 90 valence electrons. The van der Waals surface area contributed by atoms with Crippen molar-refractivity contribution in [1.29, 1.82) is 5.26 Å². The fraction of sp³-hybridized carbons (Fsp3) is 0. The van der Waals surface area contributed by atoms with Crippen LogP contribution in [0.25, 0.3) is 0 Å². The summed E-state index contributed by atoms with van der Waals surface area (Å²) in [6, 6.07) is 12.2. The van der Waals surface area contributed by atoms with Gasteiger partial charge in [-0.25, -0.2) is 0 Å². The first-order valence-electron chi connectivity index (χ1n) is 5.02. The Labute approximate surface area is 120 Å². The molecule has 0 amide bonds. The number of benzene rings is 2. The number of halogens is 3. The molecule has 0 atom stereocenters. The number of nitrogens with one attached hydrogen (secondary N) is 1. The SMILES string of the molecule is N#Cc1ccc(Nc2cc(Cl)ccc2Cl)cc1Cl. The zero-order valence-corrected chi connectivity index (χ0v) is 11.3. The van der Waals surface area contributed by atoms with Crippen LogP contribution in [-0.2, 0) is 0 Å². The van der Waals surface area contributed by atoms with Crippen LogP contribution in [-0.4, -0.2) is 0 Å². The van der Waals surface area contributed by atoms with E-state index in [1.807, 2.05) is 6.07 Å². The van der Waals surface area contributed by atoms with Crippen molar-refractivity contribution in [1.82, 2.24) is 0 Å². The number of nitriles is 1. The van der Waals surface area contributed by atoms with Gasteiger partial charge < -0.3 is 5.32 Å². The lowest BCUT2D eigenvalue weighted by Crippen LogP contribution is -1.92. The number of hydrogen-bond acceptors (Lipinski definition) is 2.